The molecular formula is C24H26F4N2O4. The monoisotopic (exact) mass is 482 g/mol. The normalized spacial score (nSPS) is 26.4. The summed E-state index contributed by atoms with van der Waals surface area (Å²) in [6.07, 6.45) is -6.88. The second-order valence-electron chi connectivity index (χ2n) is 8.56. The summed E-state index contributed by atoms with van der Waals surface area (Å²) in [5.41, 5.74) is 0.188. The molecule has 2 fully saturated rings. The zero-order valence-electron chi connectivity index (χ0n) is 18.2. The first-order valence-electron chi connectivity index (χ1n) is 11.1. The lowest BCUT2D eigenvalue weighted by atomic mass is 10.1. The van der Waals surface area contributed by atoms with Crippen LogP contribution in [0.1, 0.15) is 29.5 Å². The summed E-state index contributed by atoms with van der Waals surface area (Å²) in [6.45, 7) is 0.408. The van der Waals surface area contributed by atoms with Gasteiger partial charge in [0, 0.05) is 26.1 Å². The molecule has 0 spiro atoms. The molecule has 10 heteroatoms. The van der Waals surface area contributed by atoms with Crippen LogP contribution in [0.2, 0.25) is 0 Å². The number of hydrogen-bond donors (Lipinski definition) is 3. The van der Waals surface area contributed by atoms with Crippen molar-refractivity contribution >= 4 is 5.91 Å². The molecule has 2 aromatic carbocycles. The Morgan fingerprint density at radius 2 is 1.79 bits per heavy atom. The van der Waals surface area contributed by atoms with Crippen molar-refractivity contribution in [3.05, 3.63) is 71.0 Å². The zero-order valence-corrected chi connectivity index (χ0v) is 18.2. The molecule has 0 aliphatic carbocycles. The molecule has 2 heterocycles. The Hall–Kier alpha value is -2.53. The molecule has 184 valence electrons. The van der Waals surface area contributed by atoms with Gasteiger partial charge < -0.3 is 25.2 Å². The topological polar surface area (TPSA) is 79.8 Å². The first-order valence-corrected chi connectivity index (χ1v) is 11.1. The van der Waals surface area contributed by atoms with Crippen LogP contribution in [0.3, 0.4) is 0 Å². The number of hydrogen-bond acceptors (Lipinski definition) is 5. The van der Waals surface area contributed by atoms with Crippen LogP contribution >= 0.6 is 0 Å². The molecule has 2 saturated heterocycles. The molecular weight excluding hydrogens is 456 g/mol. The van der Waals surface area contributed by atoms with Crippen LogP contribution < -0.4 is 10.6 Å². The van der Waals surface area contributed by atoms with Gasteiger partial charge in [0.1, 0.15) is 18.0 Å². The maximum absolute atomic E-state index is 13.1. The number of ether oxygens (including phenoxy) is 2. The van der Waals surface area contributed by atoms with Crippen molar-refractivity contribution < 1.29 is 36.9 Å². The van der Waals surface area contributed by atoms with Gasteiger partial charge in [0.15, 0.2) is 0 Å². The summed E-state index contributed by atoms with van der Waals surface area (Å²) in [4.78, 5) is 12.2. The number of amides is 1. The molecule has 0 bridgehead atoms. The molecule has 6 nitrogen and oxygen atoms in total. The predicted octanol–water partition coefficient (Wildman–Crippen LogP) is 2.93. The standard InChI is InChI=1S/C24H26F4N2O4/c25-16-7-5-14(6-8-16)11-30-21(31)10-17-9-19-23(33-17)22(32)20(34-19)13-29-12-15-3-1-2-4-18(15)24(26,27)28/h1-8,17,19-20,22-23,29,32H,9-13H2,(H,30,31)/t17-,19+,20+,22+,23-/m0/s1. The van der Waals surface area contributed by atoms with Crippen LogP contribution in [-0.4, -0.2) is 48.1 Å². The van der Waals surface area contributed by atoms with Gasteiger partial charge in [-0.25, -0.2) is 4.39 Å². The molecule has 0 radical (unpaired) electrons. The van der Waals surface area contributed by atoms with E-state index in [1.54, 1.807) is 18.2 Å². The number of aliphatic hydroxyl groups excluding tert-OH is 1. The van der Waals surface area contributed by atoms with Crippen molar-refractivity contribution in [2.45, 2.75) is 62.6 Å². The fraction of sp³-hybridized carbons (Fsp3) is 0.458. The van der Waals surface area contributed by atoms with Crippen molar-refractivity contribution in [3.8, 4) is 0 Å². The number of fused-ring (bicyclic) bond motifs is 1. The van der Waals surface area contributed by atoms with Gasteiger partial charge in [-0.1, -0.05) is 30.3 Å². The van der Waals surface area contributed by atoms with Crippen LogP contribution in [0.4, 0.5) is 17.6 Å². The van der Waals surface area contributed by atoms with E-state index in [1.165, 1.54) is 24.3 Å². The van der Waals surface area contributed by atoms with Gasteiger partial charge in [-0.05, 0) is 29.3 Å². The number of aliphatic hydroxyl groups is 1. The van der Waals surface area contributed by atoms with E-state index in [4.69, 9.17) is 9.47 Å². The predicted molar refractivity (Wildman–Crippen MR) is 114 cm³/mol. The SMILES string of the molecule is O=C(C[C@@H]1C[C@H]2O[C@H](CNCc3ccccc3C(F)(F)F)[C@@H](O)[C@H]2O1)NCc1ccc(F)cc1. The van der Waals surface area contributed by atoms with E-state index in [-0.39, 0.29) is 49.4 Å². The molecule has 2 aliphatic rings. The third-order valence-electron chi connectivity index (χ3n) is 6.08. The maximum Gasteiger partial charge on any atom is 0.416 e. The molecule has 2 aliphatic heterocycles. The van der Waals surface area contributed by atoms with E-state index in [0.717, 1.165) is 11.6 Å². The number of carbonyl (C=O) groups is 1. The maximum atomic E-state index is 13.1. The molecule has 4 rings (SSSR count). The van der Waals surface area contributed by atoms with Gasteiger partial charge in [0.05, 0.1) is 30.3 Å². The minimum absolute atomic E-state index is 0.0185. The highest BCUT2D eigenvalue weighted by Crippen LogP contribution is 2.35. The highest BCUT2D eigenvalue weighted by molar-refractivity contribution is 5.76. The smallest absolute Gasteiger partial charge is 0.388 e. The first-order chi connectivity index (χ1) is 16.2. The summed E-state index contributed by atoms with van der Waals surface area (Å²) in [5, 5.41) is 16.2. The van der Waals surface area contributed by atoms with Crippen molar-refractivity contribution in [2.24, 2.45) is 0 Å². The number of benzene rings is 2. The number of alkyl halides is 3. The average Bonchev–Trinajstić information content (AvgIpc) is 3.31. The summed E-state index contributed by atoms with van der Waals surface area (Å²) in [7, 11) is 0. The summed E-state index contributed by atoms with van der Waals surface area (Å²) in [5.74, 6) is -0.579. The van der Waals surface area contributed by atoms with Gasteiger partial charge in [0.2, 0.25) is 5.91 Å². The fourth-order valence-corrected chi connectivity index (χ4v) is 4.39. The first kappa shape index (κ1) is 24.6. The van der Waals surface area contributed by atoms with Gasteiger partial charge in [-0.15, -0.1) is 0 Å². The van der Waals surface area contributed by atoms with Gasteiger partial charge >= 0.3 is 6.18 Å². The summed E-state index contributed by atoms with van der Waals surface area (Å²) in [6, 6.07) is 11.1. The second-order valence-corrected chi connectivity index (χ2v) is 8.56. The van der Waals surface area contributed by atoms with Crippen LogP contribution in [0, 0.1) is 5.82 Å². The van der Waals surface area contributed by atoms with E-state index in [0.29, 0.717) is 6.42 Å². The van der Waals surface area contributed by atoms with Crippen LogP contribution in [0.25, 0.3) is 0 Å². The number of carbonyl (C=O) groups excluding carboxylic acids is 1. The third-order valence-corrected chi connectivity index (χ3v) is 6.08. The quantitative estimate of drug-likeness (QED) is 0.505. The van der Waals surface area contributed by atoms with Gasteiger partial charge in [0.25, 0.3) is 0 Å². The lowest BCUT2D eigenvalue weighted by Crippen LogP contribution is -2.39. The largest absolute Gasteiger partial charge is 0.416 e. The number of rotatable bonds is 8. The minimum atomic E-state index is -4.44. The third kappa shape index (κ3) is 5.93. The van der Waals surface area contributed by atoms with E-state index >= 15 is 0 Å². The Balaban J connectivity index is 1.20. The molecule has 0 aromatic heterocycles. The number of nitrogens with one attached hydrogen (secondary N) is 2. The number of halogens is 4. The zero-order chi connectivity index (χ0) is 24.3. The lowest BCUT2D eigenvalue weighted by Gasteiger charge is -2.20. The Labute approximate surface area is 194 Å². The molecule has 3 N–H and O–H groups in total. The van der Waals surface area contributed by atoms with Gasteiger partial charge in [-0.2, -0.15) is 13.2 Å². The average molecular weight is 482 g/mol. The van der Waals surface area contributed by atoms with Crippen LogP contribution in [0.5, 0.6) is 0 Å². The van der Waals surface area contributed by atoms with E-state index in [9.17, 15) is 27.5 Å². The van der Waals surface area contributed by atoms with Crippen molar-refractivity contribution in [3.63, 3.8) is 0 Å². The highest BCUT2D eigenvalue weighted by Gasteiger charge is 2.50. The van der Waals surface area contributed by atoms with E-state index in [2.05, 4.69) is 10.6 Å². The van der Waals surface area contributed by atoms with E-state index < -0.39 is 36.2 Å². The Bertz CT molecular complexity index is 986. The van der Waals surface area contributed by atoms with Gasteiger partial charge in [-0.3, -0.25) is 4.79 Å². The van der Waals surface area contributed by atoms with E-state index in [1.807, 2.05) is 0 Å². The van der Waals surface area contributed by atoms with Crippen LogP contribution in [-0.2, 0) is 33.5 Å². The second kappa shape index (κ2) is 10.4. The summed E-state index contributed by atoms with van der Waals surface area (Å²) < 4.78 is 64.0. The molecule has 5 atom stereocenters. The summed E-state index contributed by atoms with van der Waals surface area (Å²) >= 11 is 0. The van der Waals surface area contributed by atoms with Crippen molar-refractivity contribution in [2.75, 3.05) is 6.54 Å². The lowest BCUT2D eigenvalue weighted by molar-refractivity contribution is -0.138. The minimum Gasteiger partial charge on any atom is -0.388 e. The highest BCUT2D eigenvalue weighted by atomic mass is 19.4. The Morgan fingerprint density at radius 3 is 2.50 bits per heavy atom. The molecule has 2 aromatic rings. The molecule has 34 heavy (non-hydrogen) atoms. The fourth-order valence-electron chi connectivity index (χ4n) is 4.39. The van der Waals surface area contributed by atoms with Crippen LogP contribution in [0.15, 0.2) is 48.5 Å². The molecule has 0 saturated carbocycles. The van der Waals surface area contributed by atoms with Crippen molar-refractivity contribution in [1.82, 2.24) is 10.6 Å². The molecule has 1 amide bonds. The molecule has 0 unspecified atom stereocenters. The Kier molecular flexibility index (Phi) is 7.51. The Morgan fingerprint density at radius 1 is 1.06 bits per heavy atom. The van der Waals surface area contributed by atoms with Crippen molar-refractivity contribution in [1.29, 1.82) is 0 Å².